The molecule has 3 nitrogen and oxygen atoms in total. The van der Waals surface area contributed by atoms with Crippen LogP contribution in [-0.4, -0.2) is 17.1 Å². The molecule has 0 amide bonds. The summed E-state index contributed by atoms with van der Waals surface area (Å²) in [5, 5.41) is 8.97. The van der Waals surface area contributed by atoms with Crippen LogP contribution in [0.3, 0.4) is 0 Å². The number of aryl methyl sites for hydroxylation is 1. The van der Waals surface area contributed by atoms with E-state index in [1.807, 2.05) is 32.2 Å². The summed E-state index contributed by atoms with van der Waals surface area (Å²) in [6.45, 7) is 2.32. The highest BCUT2D eigenvalue weighted by Crippen LogP contribution is 2.21. The summed E-state index contributed by atoms with van der Waals surface area (Å²) in [7, 11) is 1.82. The Morgan fingerprint density at radius 1 is 1.26 bits per heavy atom. The molecule has 0 fully saturated rings. The minimum absolute atomic E-state index is 0.152. The Labute approximate surface area is 112 Å². The molecule has 100 valence electrons. The molecule has 0 radical (unpaired) electrons. The number of hydrogen-bond donors (Lipinski definition) is 1. The topological polar surface area (TPSA) is 36.4 Å². The number of halogens is 1. The highest BCUT2D eigenvalue weighted by molar-refractivity contribution is 5.48. The standard InChI is InChI=1S/C15H17FN2O/c1-11-4-3-5-13(17-11)9-18(2)15-7-6-12(10-19)8-14(15)16/h3-8,19H,9-10H2,1-2H3. The number of anilines is 1. The van der Waals surface area contributed by atoms with E-state index in [1.54, 1.807) is 17.0 Å². The highest BCUT2D eigenvalue weighted by atomic mass is 19.1. The first-order valence-electron chi connectivity index (χ1n) is 6.13. The molecule has 2 aromatic rings. The summed E-state index contributed by atoms with van der Waals surface area (Å²) in [6.07, 6.45) is 0. The molecule has 0 unspecified atom stereocenters. The molecule has 0 saturated heterocycles. The minimum atomic E-state index is -0.332. The van der Waals surface area contributed by atoms with E-state index in [0.717, 1.165) is 11.4 Å². The number of hydrogen-bond acceptors (Lipinski definition) is 3. The molecule has 2 rings (SSSR count). The van der Waals surface area contributed by atoms with Crippen molar-refractivity contribution in [3.63, 3.8) is 0 Å². The van der Waals surface area contributed by atoms with Gasteiger partial charge in [0, 0.05) is 12.7 Å². The normalized spacial score (nSPS) is 10.5. The fraction of sp³-hybridized carbons (Fsp3) is 0.267. The molecule has 4 heteroatoms. The fourth-order valence-electron chi connectivity index (χ4n) is 1.97. The van der Waals surface area contributed by atoms with Crippen LogP contribution in [-0.2, 0) is 13.2 Å². The van der Waals surface area contributed by atoms with E-state index < -0.39 is 0 Å². The van der Waals surface area contributed by atoms with Crippen LogP contribution in [0, 0.1) is 12.7 Å². The second-order valence-electron chi connectivity index (χ2n) is 4.57. The minimum Gasteiger partial charge on any atom is -0.392 e. The van der Waals surface area contributed by atoms with Crippen molar-refractivity contribution in [2.24, 2.45) is 0 Å². The third-order valence-electron chi connectivity index (χ3n) is 2.95. The number of pyridine rings is 1. The molecule has 0 aliphatic carbocycles. The average molecular weight is 260 g/mol. The largest absolute Gasteiger partial charge is 0.392 e. The number of nitrogens with zero attached hydrogens (tertiary/aromatic N) is 2. The molecule has 19 heavy (non-hydrogen) atoms. The Morgan fingerprint density at radius 3 is 2.68 bits per heavy atom. The van der Waals surface area contributed by atoms with Crippen LogP contribution in [0.5, 0.6) is 0 Å². The lowest BCUT2D eigenvalue weighted by Gasteiger charge is -2.20. The Balaban J connectivity index is 2.18. The van der Waals surface area contributed by atoms with E-state index in [2.05, 4.69) is 4.98 Å². The van der Waals surface area contributed by atoms with Crippen LogP contribution in [0.1, 0.15) is 17.0 Å². The molecule has 0 atom stereocenters. The van der Waals surface area contributed by atoms with Gasteiger partial charge < -0.3 is 10.0 Å². The lowest BCUT2D eigenvalue weighted by Crippen LogP contribution is -2.18. The fourth-order valence-corrected chi connectivity index (χ4v) is 1.97. The third-order valence-corrected chi connectivity index (χ3v) is 2.95. The predicted molar refractivity (Wildman–Crippen MR) is 73.4 cm³/mol. The lowest BCUT2D eigenvalue weighted by atomic mass is 10.2. The van der Waals surface area contributed by atoms with Gasteiger partial charge in [-0.15, -0.1) is 0 Å². The van der Waals surface area contributed by atoms with Crippen molar-refractivity contribution in [1.82, 2.24) is 4.98 Å². The Morgan fingerprint density at radius 2 is 2.05 bits per heavy atom. The van der Waals surface area contributed by atoms with Crippen LogP contribution >= 0.6 is 0 Å². The molecule has 0 spiro atoms. The summed E-state index contributed by atoms with van der Waals surface area (Å²) >= 11 is 0. The SMILES string of the molecule is Cc1cccc(CN(C)c2ccc(CO)cc2F)n1. The number of aliphatic hydroxyl groups is 1. The van der Waals surface area contributed by atoms with Crippen molar-refractivity contribution in [2.45, 2.75) is 20.1 Å². The molecule has 1 aromatic heterocycles. The predicted octanol–water partition coefficient (Wildman–Crippen LogP) is 2.66. The van der Waals surface area contributed by atoms with E-state index >= 15 is 0 Å². The maximum absolute atomic E-state index is 13.9. The molecule has 0 aliphatic rings. The van der Waals surface area contributed by atoms with Crippen molar-refractivity contribution in [2.75, 3.05) is 11.9 Å². The zero-order valence-electron chi connectivity index (χ0n) is 11.1. The number of aliphatic hydroxyl groups excluding tert-OH is 1. The van der Waals surface area contributed by atoms with Gasteiger partial charge in [-0.25, -0.2) is 4.39 Å². The summed E-state index contributed by atoms with van der Waals surface area (Å²) in [5.41, 5.74) is 2.92. The van der Waals surface area contributed by atoms with Gasteiger partial charge in [0.2, 0.25) is 0 Å². The maximum atomic E-state index is 13.9. The molecule has 0 bridgehead atoms. The zero-order valence-corrected chi connectivity index (χ0v) is 11.1. The first kappa shape index (κ1) is 13.5. The van der Waals surface area contributed by atoms with E-state index in [-0.39, 0.29) is 12.4 Å². The van der Waals surface area contributed by atoms with Gasteiger partial charge in [-0.1, -0.05) is 12.1 Å². The van der Waals surface area contributed by atoms with Gasteiger partial charge in [0.05, 0.1) is 24.5 Å². The maximum Gasteiger partial charge on any atom is 0.146 e. The molecule has 1 N–H and O–H groups in total. The van der Waals surface area contributed by atoms with Crippen molar-refractivity contribution in [1.29, 1.82) is 0 Å². The van der Waals surface area contributed by atoms with Gasteiger partial charge in [0.15, 0.2) is 0 Å². The Kier molecular flexibility index (Phi) is 4.12. The van der Waals surface area contributed by atoms with Gasteiger partial charge in [-0.05, 0) is 36.8 Å². The van der Waals surface area contributed by atoms with Crippen molar-refractivity contribution < 1.29 is 9.50 Å². The number of rotatable bonds is 4. The molecule has 0 aliphatic heterocycles. The van der Waals surface area contributed by atoms with Crippen LogP contribution in [0.25, 0.3) is 0 Å². The van der Waals surface area contributed by atoms with Crippen molar-refractivity contribution in [3.8, 4) is 0 Å². The summed E-state index contributed by atoms with van der Waals surface area (Å²) < 4.78 is 13.9. The molecule has 1 aromatic carbocycles. The Bertz CT molecular complexity index is 572. The third kappa shape index (κ3) is 3.29. The average Bonchev–Trinajstić information content (AvgIpc) is 2.38. The van der Waals surface area contributed by atoms with E-state index in [9.17, 15) is 4.39 Å². The summed E-state index contributed by atoms with van der Waals surface area (Å²) in [5.74, 6) is -0.332. The molecule has 0 saturated carbocycles. The van der Waals surface area contributed by atoms with Crippen molar-refractivity contribution >= 4 is 5.69 Å². The van der Waals surface area contributed by atoms with E-state index in [1.165, 1.54) is 6.07 Å². The van der Waals surface area contributed by atoms with Gasteiger partial charge in [-0.3, -0.25) is 4.98 Å². The second kappa shape index (κ2) is 5.80. The molecular formula is C15H17FN2O. The zero-order chi connectivity index (χ0) is 13.8. The van der Waals surface area contributed by atoms with Gasteiger partial charge in [0.1, 0.15) is 5.82 Å². The van der Waals surface area contributed by atoms with Gasteiger partial charge in [0.25, 0.3) is 0 Å². The summed E-state index contributed by atoms with van der Waals surface area (Å²) in [4.78, 5) is 6.20. The Hall–Kier alpha value is -1.94. The lowest BCUT2D eigenvalue weighted by molar-refractivity contribution is 0.281. The van der Waals surface area contributed by atoms with Gasteiger partial charge in [-0.2, -0.15) is 0 Å². The summed E-state index contributed by atoms with van der Waals surface area (Å²) in [6, 6.07) is 10.5. The number of aromatic nitrogens is 1. The highest BCUT2D eigenvalue weighted by Gasteiger charge is 2.09. The first-order chi connectivity index (χ1) is 9.10. The number of benzene rings is 1. The van der Waals surface area contributed by atoms with E-state index in [0.29, 0.717) is 17.8 Å². The smallest absolute Gasteiger partial charge is 0.146 e. The second-order valence-corrected chi connectivity index (χ2v) is 4.57. The first-order valence-corrected chi connectivity index (χ1v) is 6.13. The quantitative estimate of drug-likeness (QED) is 0.918. The monoisotopic (exact) mass is 260 g/mol. The van der Waals surface area contributed by atoms with Crippen LogP contribution in [0.15, 0.2) is 36.4 Å². The molecule has 1 heterocycles. The van der Waals surface area contributed by atoms with Gasteiger partial charge >= 0.3 is 0 Å². The van der Waals surface area contributed by atoms with Crippen LogP contribution in [0.2, 0.25) is 0 Å². The molecular weight excluding hydrogens is 243 g/mol. The van der Waals surface area contributed by atoms with E-state index in [4.69, 9.17) is 5.11 Å². The van der Waals surface area contributed by atoms with Crippen LogP contribution < -0.4 is 4.90 Å². The van der Waals surface area contributed by atoms with Crippen LogP contribution in [0.4, 0.5) is 10.1 Å². The van der Waals surface area contributed by atoms with Crippen molar-refractivity contribution in [3.05, 3.63) is 59.2 Å².